The van der Waals surface area contributed by atoms with Gasteiger partial charge in [0.25, 0.3) is 5.56 Å². The van der Waals surface area contributed by atoms with Crippen LogP contribution in [0.2, 0.25) is 0 Å². The van der Waals surface area contributed by atoms with E-state index in [1.54, 1.807) is 22.5 Å². The van der Waals surface area contributed by atoms with Crippen LogP contribution in [-0.4, -0.2) is 28.9 Å². The van der Waals surface area contributed by atoms with Crippen molar-refractivity contribution in [2.24, 2.45) is 14.1 Å². The van der Waals surface area contributed by atoms with Gasteiger partial charge in [0.2, 0.25) is 0 Å². The summed E-state index contributed by atoms with van der Waals surface area (Å²) in [4.78, 5) is 17.4. The Kier molecular flexibility index (Phi) is 3.67. The van der Waals surface area contributed by atoms with Crippen LogP contribution >= 0.6 is 0 Å². The second kappa shape index (κ2) is 6.13. The van der Waals surface area contributed by atoms with Gasteiger partial charge in [0, 0.05) is 43.3 Å². The molecule has 0 radical (unpaired) electrons. The predicted octanol–water partition coefficient (Wildman–Crippen LogP) is 3.27. The van der Waals surface area contributed by atoms with Crippen molar-refractivity contribution in [3.63, 3.8) is 0 Å². The maximum absolute atomic E-state index is 12.9. The number of fused-ring (bicyclic) bond motifs is 3. The average Bonchev–Trinajstić information content (AvgIpc) is 3.31. The van der Waals surface area contributed by atoms with E-state index in [1.165, 1.54) is 0 Å². The van der Waals surface area contributed by atoms with E-state index >= 15 is 0 Å². The highest BCUT2D eigenvalue weighted by Crippen LogP contribution is 2.26. The first-order chi connectivity index (χ1) is 13.9. The van der Waals surface area contributed by atoms with Gasteiger partial charge in [0.1, 0.15) is 5.65 Å². The van der Waals surface area contributed by atoms with Crippen LogP contribution in [0.5, 0.6) is 0 Å². The molecule has 29 heavy (non-hydrogen) atoms. The SMILES string of the molecule is Cc1cc(-c2ccc3c(=O)n(C)c4cc(-c5cnn(C)c5)nn4c3c2)cc(C)n1. The van der Waals surface area contributed by atoms with Crippen LogP contribution in [0.4, 0.5) is 0 Å². The van der Waals surface area contributed by atoms with Crippen molar-refractivity contribution in [2.75, 3.05) is 0 Å². The smallest absolute Gasteiger partial charge is 0.261 e. The molecular formula is C22H20N6O. The number of nitrogens with zero attached hydrogens (tertiary/aromatic N) is 6. The van der Waals surface area contributed by atoms with Gasteiger partial charge in [-0.3, -0.25) is 19.0 Å². The van der Waals surface area contributed by atoms with Gasteiger partial charge in [0.15, 0.2) is 0 Å². The minimum Gasteiger partial charge on any atom is -0.296 e. The highest BCUT2D eigenvalue weighted by atomic mass is 16.1. The molecular weight excluding hydrogens is 364 g/mol. The van der Waals surface area contributed by atoms with E-state index in [-0.39, 0.29) is 5.56 Å². The van der Waals surface area contributed by atoms with Crippen molar-refractivity contribution in [1.29, 1.82) is 0 Å². The van der Waals surface area contributed by atoms with E-state index in [4.69, 9.17) is 5.10 Å². The van der Waals surface area contributed by atoms with Crippen LogP contribution in [0.3, 0.4) is 0 Å². The van der Waals surface area contributed by atoms with E-state index < -0.39 is 0 Å². The zero-order chi connectivity index (χ0) is 20.3. The molecule has 144 valence electrons. The Hall–Kier alpha value is -3.74. The summed E-state index contributed by atoms with van der Waals surface area (Å²) < 4.78 is 5.21. The quantitative estimate of drug-likeness (QED) is 0.468. The van der Waals surface area contributed by atoms with Gasteiger partial charge in [-0.25, -0.2) is 4.52 Å². The third kappa shape index (κ3) is 2.74. The summed E-state index contributed by atoms with van der Waals surface area (Å²) in [5, 5.41) is 9.65. The summed E-state index contributed by atoms with van der Waals surface area (Å²) in [6, 6.07) is 11.9. The molecule has 0 bridgehead atoms. The van der Waals surface area contributed by atoms with Crippen molar-refractivity contribution in [3.8, 4) is 22.4 Å². The summed E-state index contributed by atoms with van der Waals surface area (Å²) in [6.07, 6.45) is 3.69. The number of aromatic nitrogens is 6. The lowest BCUT2D eigenvalue weighted by atomic mass is 10.0. The molecule has 0 fully saturated rings. The third-order valence-electron chi connectivity index (χ3n) is 5.21. The van der Waals surface area contributed by atoms with Gasteiger partial charge in [-0.05, 0) is 49.2 Å². The molecule has 4 aromatic heterocycles. The number of hydrogen-bond acceptors (Lipinski definition) is 4. The average molecular weight is 384 g/mol. The van der Waals surface area contributed by atoms with Gasteiger partial charge >= 0.3 is 0 Å². The fourth-order valence-corrected chi connectivity index (χ4v) is 3.84. The lowest BCUT2D eigenvalue weighted by Gasteiger charge is -2.09. The van der Waals surface area contributed by atoms with Crippen molar-refractivity contribution in [1.82, 2.24) is 28.9 Å². The highest BCUT2D eigenvalue weighted by Gasteiger charge is 2.14. The number of pyridine rings is 1. The van der Waals surface area contributed by atoms with E-state index in [0.717, 1.165) is 44.9 Å². The minimum absolute atomic E-state index is 0.0428. The predicted molar refractivity (Wildman–Crippen MR) is 113 cm³/mol. The zero-order valence-electron chi connectivity index (χ0n) is 16.7. The molecule has 0 spiro atoms. The molecule has 5 aromatic rings. The van der Waals surface area contributed by atoms with Crippen LogP contribution in [0.15, 0.2) is 53.6 Å². The summed E-state index contributed by atoms with van der Waals surface area (Å²) in [5.74, 6) is 0. The standard InChI is InChI=1S/C22H20N6O/c1-13-7-16(8-14(2)24-13)15-5-6-18-20(9-15)28-21(27(4)22(18)29)10-19(25-28)17-11-23-26(3)12-17/h5-12H,1-4H3. The van der Waals surface area contributed by atoms with Gasteiger partial charge in [-0.15, -0.1) is 0 Å². The lowest BCUT2D eigenvalue weighted by Crippen LogP contribution is -2.19. The summed E-state index contributed by atoms with van der Waals surface area (Å²) in [6.45, 7) is 3.97. The fourth-order valence-electron chi connectivity index (χ4n) is 3.84. The molecule has 0 N–H and O–H groups in total. The van der Waals surface area contributed by atoms with Crippen molar-refractivity contribution >= 4 is 16.6 Å². The zero-order valence-corrected chi connectivity index (χ0v) is 16.7. The molecule has 0 amide bonds. The lowest BCUT2D eigenvalue weighted by molar-refractivity contribution is 0.768. The summed E-state index contributed by atoms with van der Waals surface area (Å²) in [5.41, 5.74) is 7.20. The molecule has 0 aliphatic heterocycles. The second-order valence-corrected chi connectivity index (χ2v) is 7.44. The van der Waals surface area contributed by atoms with Crippen molar-refractivity contribution in [3.05, 3.63) is 70.5 Å². The molecule has 0 saturated heterocycles. The Morgan fingerprint density at radius 3 is 2.34 bits per heavy atom. The van der Waals surface area contributed by atoms with E-state index in [9.17, 15) is 4.79 Å². The largest absolute Gasteiger partial charge is 0.296 e. The maximum Gasteiger partial charge on any atom is 0.261 e. The molecule has 0 atom stereocenters. The first-order valence-electron chi connectivity index (χ1n) is 9.38. The summed E-state index contributed by atoms with van der Waals surface area (Å²) >= 11 is 0. The molecule has 0 aliphatic rings. The van der Waals surface area contributed by atoms with Gasteiger partial charge < -0.3 is 0 Å². The Morgan fingerprint density at radius 2 is 1.66 bits per heavy atom. The van der Waals surface area contributed by atoms with Crippen molar-refractivity contribution < 1.29 is 0 Å². The Balaban J connectivity index is 1.81. The first-order valence-corrected chi connectivity index (χ1v) is 9.38. The number of hydrogen-bond donors (Lipinski definition) is 0. The Bertz CT molecular complexity index is 1450. The van der Waals surface area contributed by atoms with Crippen LogP contribution in [0.1, 0.15) is 11.4 Å². The fraction of sp³-hybridized carbons (Fsp3) is 0.182. The molecule has 4 heterocycles. The van der Waals surface area contributed by atoms with Gasteiger partial charge in [-0.2, -0.15) is 10.2 Å². The second-order valence-electron chi connectivity index (χ2n) is 7.44. The Labute approximate surface area is 166 Å². The van der Waals surface area contributed by atoms with E-state index in [2.05, 4.69) is 22.2 Å². The third-order valence-corrected chi connectivity index (χ3v) is 5.21. The molecule has 7 nitrogen and oxygen atoms in total. The maximum atomic E-state index is 12.9. The molecule has 0 saturated carbocycles. The van der Waals surface area contributed by atoms with Crippen molar-refractivity contribution in [2.45, 2.75) is 13.8 Å². The van der Waals surface area contributed by atoms with Crippen LogP contribution < -0.4 is 5.56 Å². The number of benzene rings is 1. The molecule has 5 rings (SSSR count). The molecule has 1 aromatic carbocycles. The van der Waals surface area contributed by atoms with Crippen LogP contribution in [0, 0.1) is 13.8 Å². The topological polar surface area (TPSA) is 70.0 Å². The monoisotopic (exact) mass is 384 g/mol. The molecule has 0 aliphatic carbocycles. The van der Waals surface area contributed by atoms with E-state index in [1.807, 2.05) is 55.9 Å². The summed E-state index contributed by atoms with van der Waals surface area (Å²) in [7, 11) is 3.64. The molecule has 0 unspecified atom stereocenters. The highest BCUT2D eigenvalue weighted by molar-refractivity contribution is 5.86. The van der Waals surface area contributed by atoms with Crippen LogP contribution in [-0.2, 0) is 14.1 Å². The minimum atomic E-state index is -0.0428. The van der Waals surface area contributed by atoms with Crippen LogP contribution in [0.25, 0.3) is 38.9 Å². The van der Waals surface area contributed by atoms with Gasteiger partial charge in [0.05, 0.1) is 22.8 Å². The normalized spacial score (nSPS) is 11.6. The Morgan fingerprint density at radius 1 is 0.897 bits per heavy atom. The van der Waals surface area contributed by atoms with Gasteiger partial charge in [-0.1, -0.05) is 6.07 Å². The number of aryl methyl sites for hydroxylation is 4. The number of rotatable bonds is 2. The van der Waals surface area contributed by atoms with E-state index in [0.29, 0.717) is 5.39 Å². The molecule has 7 heteroatoms. The first kappa shape index (κ1) is 17.4.